The number of amides is 4. The fraction of sp³-hybridized carbons (Fsp3) is 0.760. The Kier molecular flexibility index (Phi) is 11.0. The minimum Gasteiger partial charge on any atom is -0.393 e. The largest absolute Gasteiger partial charge is 0.393 e. The molecule has 0 aromatic rings. The van der Waals surface area contributed by atoms with E-state index in [0.717, 1.165) is 37.2 Å². The van der Waals surface area contributed by atoms with Crippen LogP contribution in [0.15, 0.2) is 0 Å². The summed E-state index contributed by atoms with van der Waals surface area (Å²) in [6.07, 6.45) is 4.11. The summed E-state index contributed by atoms with van der Waals surface area (Å²) in [5.41, 5.74) is 5.75. The number of ether oxygens (including phenoxy) is 2. The van der Waals surface area contributed by atoms with Crippen molar-refractivity contribution in [3.05, 3.63) is 0 Å². The third-order valence-corrected chi connectivity index (χ3v) is 10.5. The molecule has 0 saturated carbocycles. The molecule has 222 valence electrons. The molecule has 6 N–H and O–H groups in total. The van der Waals surface area contributed by atoms with Gasteiger partial charge in [-0.25, -0.2) is 14.4 Å². The molecule has 4 rings (SSSR count). The molecule has 0 aliphatic carbocycles. The fourth-order valence-corrected chi connectivity index (χ4v) is 8.46. The van der Waals surface area contributed by atoms with Gasteiger partial charge in [-0.2, -0.15) is 23.5 Å². The first-order valence-electron chi connectivity index (χ1n) is 13.8. The topological polar surface area (TPSA) is 195 Å². The van der Waals surface area contributed by atoms with Crippen molar-refractivity contribution >= 4 is 59.5 Å². The smallest absolute Gasteiger partial charge is 0.330 e. The number of hydrogen-bond acceptors (Lipinski definition) is 11. The standard InChI is InChI=1S/C25H37N5O8S2/c26-13(23(34)38-19(32)8-4-2-6-17-22-15(12-40-17)28-25(36)30-22)9-10-20(33)37-18(31)7-3-1-5-16-21-14(11-39-16)27-24(35)29-21/h13-17,21-22H,1-12,26H2,(H2,27,29,35)(H2,28,30,36)/t13-,14-,15-,16-,17-,21-,22-/m0/s1. The Balaban J connectivity index is 1.00. The lowest BCUT2D eigenvalue weighted by Crippen LogP contribution is -2.36. The molecule has 0 aromatic heterocycles. The van der Waals surface area contributed by atoms with Crippen molar-refractivity contribution in [2.24, 2.45) is 5.73 Å². The van der Waals surface area contributed by atoms with Crippen molar-refractivity contribution in [1.29, 1.82) is 0 Å². The molecule has 0 bridgehead atoms. The van der Waals surface area contributed by atoms with Crippen LogP contribution >= 0.6 is 23.5 Å². The third-order valence-electron chi connectivity index (χ3n) is 7.52. The molecule has 13 nitrogen and oxygen atoms in total. The molecular formula is C25H37N5O8S2. The highest BCUT2D eigenvalue weighted by atomic mass is 32.2. The number of esters is 4. The maximum atomic E-state index is 12.1. The highest BCUT2D eigenvalue weighted by Crippen LogP contribution is 2.34. The van der Waals surface area contributed by atoms with E-state index in [1.165, 1.54) is 0 Å². The van der Waals surface area contributed by atoms with E-state index >= 15 is 0 Å². The SMILES string of the molecule is N[C@@H](CCC(=O)OC(=O)CCCC[C@@H]1SC[C@@H]2NC(=O)N[C@@H]21)C(=O)OC(=O)CCCC[C@@H]1SC[C@@H]2NC(=O)N[C@@H]21. The summed E-state index contributed by atoms with van der Waals surface area (Å²) in [4.78, 5) is 70.9. The molecule has 15 heteroatoms. The summed E-state index contributed by atoms with van der Waals surface area (Å²) in [5, 5.41) is 12.2. The predicted octanol–water partition coefficient (Wildman–Crippen LogP) is 0.685. The first-order chi connectivity index (χ1) is 19.2. The van der Waals surface area contributed by atoms with Crippen LogP contribution in [0.3, 0.4) is 0 Å². The van der Waals surface area contributed by atoms with E-state index in [-0.39, 0.29) is 61.9 Å². The van der Waals surface area contributed by atoms with Crippen LogP contribution < -0.4 is 27.0 Å². The van der Waals surface area contributed by atoms with Crippen LogP contribution in [0.1, 0.15) is 64.2 Å². The van der Waals surface area contributed by atoms with Crippen molar-refractivity contribution < 1.29 is 38.2 Å². The van der Waals surface area contributed by atoms with E-state index in [9.17, 15) is 28.8 Å². The number of unbranched alkanes of at least 4 members (excludes halogenated alkanes) is 2. The number of nitrogens with two attached hydrogens (primary N) is 1. The lowest BCUT2D eigenvalue weighted by molar-refractivity contribution is -0.160. The zero-order valence-corrected chi connectivity index (χ0v) is 23.8. The van der Waals surface area contributed by atoms with Gasteiger partial charge in [0.15, 0.2) is 0 Å². The van der Waals surface area contributed by atoms with Crippen molar-refractivity contribution in [1.82, 2.24) is 21.3 Å². The monoisotopic (exact) mass is 599 g/mol. The molecule has 4 aliphatic rings. The summed E-state index contributed by atoms with van der Waals surface area (Å²) in [6.45, 7) is 0. The molecule has 4 aliphatic heterocycles. The first-order valence-corrected chi connectivity index (χ1v) is 15.9. The van der Waals surface area contributed by atoms with Crippen LogP contribution in [0.5, 0.6) is 0 Å². The van der Waals surface area contributed by atoms with Gasteiger partial charge in [-0.1, -0.05) is 12.8 Å². The van der Waals surface area contributed by atoms with E-state index in [0.29, 0.717) is 23.3 Å². The molecule has 40 heavy (non-hydrogen) atoms. The number of rotatable bonds is 14. The Morgan fingerprint density at radius 3 is 1.73 bits per heavy atom. The normalized spacial score (nSPS) is 28.9. The molecular weight excluding hydrogens is 562 g/mol. The summed E-state index contributed by atoms with van der Waals surface area (Å²) in [5.74, 6) is -1.28. The van der Waals surface area contributed by atoms with Crippen LogP contribution in [0.2, 0.25) is 0 Å². The van der Waals surface area contributed by atoms with Crippen LogP contribution in [-0.4, -0.2) is 88.2 Å². The Hall–Kier alpha value is -2.52. The number of urea groups is 2. The van der Waals surface area contributed by atoms with Gasteiger partial charge < -0.3 is 36.5 Å². The third kappa shape index (κ3) is 8.49. The average Bonchev–Trinajstić information content (AvgIpc) is 3.65. The van der Waals surface area contributed by atoms with Gasteiger partial charge >= 0.3 is 35.9 Å². The van der Waals surface area contributed by atoms with Crippen LogP contribution in [-0.2, 0) is 28.7 Å². The fourth-order valence-electron chi connectivity index (χ4n) is 5.37. The predicted molar refractivity (Wildman–Crippen MR) is 147 cm³/mol. The summed E-state index contributed by atoms with van der Waals surface area (Å²) < 4.78 is 9.60. The van der Waals surface area contributed by atoms with Gasteiger partial charge in [0.25, 0.3) is 0 Å². The lowest BCUT2D eigenvalue weighted by atomic mass is 10.0. The van der Waals surface area contributed by atoms with Crippen molar-refractivity contribution in [2.75, 3.05) is 11.5 Å². The lowest BCUT2D eigenvalue weighted by Gasteiger charge is -2.16. The Morgan fingerprint density at radius 2 is 1.20 bits per heavy atom. The molecule has 0 spiro atoms. The number of nitrogens with one attached hydrogen (secondary N) is 4. The Labute approximate surface area is 240 Å². The summed E-state index contributed by atoms with van der Waals surface area (Å²) in [7, 11) is 0. The quantitative estimate of drug-likeness (QED) is 0.0815. The van der Waals surface area contributed by atoms with Gasteiger partial charge in [-0.15, -0.1) is 0 Å². The van der Waals surface area contributed by atoms with E-state index < -0.39 is 29.9 Å². The van der Waals surface area contributed by atoms with E-state index in [1.807, 2.05) is 0 Å². The second-order valence-electron chi connectivity index (χ2n) is 10.5. The van der Waals surface area contributed by atoms with Gasteiger partial charge in [0.1, 0.15) is 6.04 Å². The van der Waals surface area contributed by atoms with Gasteiger partial charge in [0.2, 0.25) is 0 Å². The molecule has 0 unspecified atom stereocenters. The van der Waals surface area contributed by atoms with Gasteiger partial charge in [0, 0.05) is 41.3 Å². The maximum absolute atomic E-state index is 12.1. The molecule has 0 radical (unpaired) electrons. The minimum atomic E-state index is -1.18. The van der Waals surface area contributed by atoms with E-state index in [1.54, 1.807) is 23.5 Å². The van der Waals surface area contributed by atoms with Gasteiger partial charge in [-0.05, 0) is 32.1 Å². The van der Waals surface area contributed by atoms with Crippen LogP contribution in [0, 0.1) is 0 Å². The maximum Gasteiger partial charge on any atom is 0.330 e. The van der Waals surface area contributed by atoms with Crippen molar-refractivity contribution in [2.45, 2.75) is 105 Å². The van der Waals surface area contributed by atoms with Crippen molar-refractivity contribution in [3.63, 3.8) is 0 Å². The molecule has 4 amide bonds. The van der Waals surface area contributed by atoms with Crippen molar-refractivity contribution in [3.8, 4) is 0 Å². The van der Waals surface area contributed by atoms with E-state index in [4.69, 9.17) is 15.2 Å². The molecule has 7 atom stereocenters. The first kappa shape index (κ1) is 30.4. The Morgan fingerprint density at radius 1 is 0.725 bits per heavy atom. The minimum absolute atomic E-state index is 0.0668. The summed E-state index contributed by atoms with van der Waals surface area (Å²) >= 11 is 3.60. The van der Waals surface area contributed by atoms with Crippen LogP contribution in [0.4, 0.5) is 9.59 Å². The number of carbonyl (C=O) groups is 6. The average molecular weight is 600 g/mol. The van der Waals surface area contributed by atoms with Gasteiger partial charge in [0.05, 0.1) is 24.2 Å². The molecule has 4 saturated heterocycles. The van der Waals surface area contributed by atoms with Crippen LogP contribution in [0.25, 0.3) is 0 Å². The molecule has 4 heterocycles. The number of fused-ring (bicyclic) bond motifs is 2. The van der Waals surface area contributed by atoms with E-state index in [2.05, 4.69) is 21.3 Å². The van der Waals surface area contributed by atoms with Gasteiger partial charge in [-0.3, -0.25) is 14.4 Å². The number of thioether (sulfide) groups is 2. The number of carbonyl (C=O) groups excluding carboxylic acids is 6. The molecule has 4 fully saturated rings. The Bertz CT molecular complexity index is 1000. The zero-order chi connectivity index (χ0) is 28.6. The highest BCUT2D eigenvalue weighted by Gasteiger charge is 2.43. The summed E-state index contributed by atoms with van der Waals surface area (Å²) in [6, 6.07) is -0.928. The highest BCUT2D eigenvalue weighted by molar-refractivity contribution is 8.00. The zero-order valence-electron chi connectivity index (χ0n) is 22.2. The second kappa shape index (κ2) is 14.4. The number of hydrogen-bond donors (Lipinski definition) is 5. The molecule has 0 aromatic carbocycles. The second-order valence-corrected chi connectivity index (χ2v) is 13.1.